The van der Waals surface area contributed by atoms with E-state index in [-0.39, 0.29) is 5.91 Å². The lowest BCUT2D eigenvalue weighted by Gasteiger charge is -2.09. The van der Waals surface area contributed by atoms with Crippen molar-refractivity contribution in [1.29, 1.82) is 0 Å². The number of fused-ring (bicyclic) bond motifs is 2. The Balaban J connectivity index is 0.000000151. The second kappa shape index (κ2) is 15.3. The summed E-state index contributed by atoms with van der Waals surface area (Å²) in [5.74, 6) is -0.0194. The standard InChI is InChI=1S/C14H15N3.C11H13BrN2O.C9H14BN/c1-17-8-12-11(10-3-2-6-16-7-10)4-5-14(15)13(12)9-17;1-7(15)13-11-4-3-10(12)8-5-14(2)6-9(8)11;1-3-10(4-2)9-6-5-7-11-8-9/h2-7H,8-9,15H2,1H3;3-4H,5-6H2,1-2H3,(H,13,15);5-8H,3-4H2,1-2H3. The molecule has 0 fully saturated rings. The topological polar surface area (TPSA) is 87.4 Å². The number of hydrogen-bond acceptors (Lipinski definition) is 6. The lowest BCUT2D eigenvalue weighted by atomic mass is 9.42. The van der Waals surface area contributed by atoms with Crippen LogP contribution in [0.25, 0.3) is 11.1 Å². The molecule has 0 aliphatic carbocycles. The van der Waals surface area contributed by atoms with Crippen LogP contribution in [0.3, 0.4) is 0 Å². The molecule has 4 aromatic rings. The number of amides is 1. The predicted octanol–water partition coefficient (Wildman–Crippen LogP) is 6.45. The van der Waals surface area contributed by atoms with Crippen LogP contribution in [0, 0.1) is 0 Å². The van der Waals surface area contributed by atoms with Gasteiger partial charge in [-0.1, -0.05) is 66.1 Å². The molecule has 2 aliphatic rings. The monoisotopic (exact) mass is 640 g/mol. The fourth-order valence-electron chi connectivity index (χ4n) is 5.76. The van der Waals surface area contributed by atoms with Crippen molar-refractivity contribution in [2.24, 2.45) is 0 Å². The summed E-state index contributed by atoms with van der Waals surface area (Å²) < 4.78 is 1.12. The first kappa shape index (κ1) is 32.4. The van der Waals surface area contributed by atoms with E-state index in [1.165, 1.54) is 58.4 Å². The summed E-state index contributed by atoms with van der Waals surface area (Å²) >= 11 is 3.54. The average molecular weight is 641 g/mol. The highest BCUT2D eigenvalue weighted by Crippen LogP contribution is 2.35. The van der Waals surface area contributed by atoms with E-state index in [0.29, 0.717) is 6.71 Å². The maximum atomic E-state index is 11.0. The van der Waals surface area contributed by atoms with Crippen molar-refractivity contribution in [3.63, 3.8) is 0 Å². The first-order valence-electron chi connectivity index (χ1n) is 14.9. The van der Waals surface area contributed by atoms with Crippen LogP contribution in [-0.2, 0) is 31.0 Å². The molecule has 7 nitrogen and oxygen atoms in total. The molecule has 2 aromatic heterocycles. The zero-order chi connectivity index (χ0) is 30.9. The third-order valence-electron chi connectivity index (χ3n) is 7.98. The van der Waals surface area contributed by atoms with Gasteiger partial charge in [0.2, 0.25) is 5.91 Å². The molecule has 2 aromatic carbocycles. The van der Waals surface area contributed by atoms with E-state index in [9.17, 15) is 4.79 Å². The van der Waals surface area contributed by atoms with E-state index in [0.717, 1.165) is 42.0 Å². The Morgan fingerprint density at radius 1 is 0.860 bits per heavy atom. The fraction of sp³-hybridized carbons (Fsp3) is 0.324. The van der Waals surface area contributed by atoms with Crippen LogP contribution in [0.4, 0.5) is 11.4 Å². The third kappa shape index (κ3) is 8.31. The van der Waals surface area contributed by atoms with Gasteiger partial charge in [-0.15, -0.1) is 0 Å². The molecule has 9 heteroatoms. The highest BCUT2D eigenvalue weighted by atomic mass is 79.9. The number of nitrogens with one attached hydrogen (secondary N) is 1. The van der Waals surface area contributed by atoms with Crippen molar-refractivity contribution in [3.05, 3.63) is 100 Å². The average Bonchev–Trinajstić information content (AvgIpc) is 3.60. The molecule has 3 N–H and O–H groups in total. The number of nitrogen functional groups attached to an aromatic ring is 1. The minimum Gasteiger partial charge on any atom is -0.398 e. The Hall–Kier alpha value is -3.53. The van der Waals surface area contributed by atoms with E-state index in [2.05, 4.69) is 87.2 Å². The van der Waals surface area contributed by atoms with Gasteiger partial charge < -0.3 is 11.1 Å². The number of anilines is 2. The molecule has 0 spiro atoms. The van der Waals surface area contributed by atoms with Crippen molar-refractivity contribution >= 4 is 45.4 Å². The van der Waals surface area contributed by atoms with Crippen molar-refractivity contribution in [2.45, 2.75) is 59.6 Å². The number of carbonyl (C=O) groups excluding carboxylic acids is 1. The third-order valence-corrected chi connectivity index (χ3v) is 8.72. The summed E-state index contributed by atoms with van der Waals surface area (Å²) in [5.41, 5.74) is 16.8. The molecule has 6 rings (SSSR count). The van der Waals surface area contributed by atoms with Gasteiger partial charge in [-0.25, -0.2) is 0 Å². The van der Waals surface area contributed by atoms with Gasteiger partial charge in [0, 0.05) is 79.3 Å². The highest BCUT2D eigenvalue weighted by Gasteiger charge is 2.22. The van der Waals surface area contributed by atoms with Crippen LogP contribution in [0.5, 0.6) is 0 Å². The Labute approximate surface area is 265 Å². The number of nitrogens with zero attached hydrogens (tertiary/aromatic N) is 4. The Bertz CT molecular complexity index is 1510. The van der Waals surface area contributed by atoms with E-state index >= 15 is 0 Å². The molecule has 2 aliphatic heterocycles. The fourth-order valence-corrected chi connectivity index (χ4v) is 6.26. The van der Waals surface area contributed by atoms with Gasteiger partial charge >= 0.3 is 0 Å². The SMILES string of the molecule is CC(=O)Nc1ccc(Br)c2c1CN(C)C2.CCB(CC)c1cccnc1.CN1Cc2c(N)ccc(-c3cccnc3)c2C1. The van der Waals surface area contributed by atoms with E-state index < -0.39 is 0 Å². The van der Waals surface area contributed by atoms with Crippen molar-refractivity contribution in [3.8, 4) is 11.1 Å². The zero-order valence-corrected chi connectivity index (χ0v) is 27.5. The van der Waals surface area contributed by atoms with Gasteiger partial charge in [0.25, 0.3) is 0 Å². The first-order chi connectivity index (χ1) is 20.7. The zero-order valence-electron chi connectivity index (χ0n) is 25.9. The molecule has 0 radical (unpaired) electrons. The van der Waals surface area contributed by atoms with Crippen molar-refractivity contribution < 1.29 is 4.79 Å². The van der Waals surface area contributed by atoms with Crippen LogP contribution in [0.2, 0.25) is 12.6 Å². The van der Waals surface area contributed by atoms with Gasteiger partial charge in [0.15, 0.2) is 6.71 Å². The maximum Gasteiger partial charge on any atom is 0.221 e. The second-order valence-corrected chi connectivity index (χ2v) is 12.1. The lowest BCUT2D eigenvalue weighted by molar-refractivity contribution is -0.114. The van der Waals surface area contributed by atoms with Crippen LogP contribution in [0.15, 0.2) is 77.8 Å². The summed E-state index contributed by atoms with van der Waals surface area (Å²) in [7, 11) is 4.19. The van der Waals surface area contributed by atoms with E-state index in [4.69, 9.17) is 5.73 Å². The van der Waals surface area contributed by atoms with Gasteiger partial charge in [-0.2, -0.15) is 0 Å². The van der Waals surface area contributed by atoms with Crippen LogP contribution in [0.1, 0.15) is 43.0 Å². The number of halogens is 1. The number of aromatic nitrogens is 2. The van der Waals surface area contributed by atoms with Crippen LogP contribution in [-0.4, -0.2) is 46.5 Å². The molecule has 0 bridgehead atoms. The van der Waals surface area contributed by atoms with Crippen LogP contribution < -0.4 is 16.5 Å². The maximum absolute atomic E-state index is 11.0. The largest absolute Gasteiger partial charge is 0.398 e. The molecular weight excluding hydrogens is 599 g/mol. The molecule has 0 saturated heterocycles. The molecule has 224 valence electrons. The van der Waals surface area contributed by atoms with Crippen molar-refractivity contribution in [1.82, 2.24) is 19.8 Å². The smallest absolute Gasteiger partial charge is 0.221 e. The number of pyridine rings is 2. The summed E-state index contributed by atoms with van der Waals surface area (Å²) in [5, 5.41) is 2.87. The summed E-state index contributed by atoms with van der Waals surface area (Å²) in [6.07, 6.45) is 9.92. The Morgan fingerprint density at radius 3 is 2.09 bits per heavy atom. The number of benzene rings is 2. The van der Waals surface area contributed by atoms with Gasteiger partial charge in [-0.05, 0) is 72.2 Å². The van der Waals surface area contributed by atoms with Gasteiger partial charge in [0.1, 0.15) is 0 Å². The normalized spacial score (nSPS) is 13.6. The molecule has 0 unspecified atom stereocenters. The molecule has 4 heterocycles. The minimum atomic E-state index is -0.0194. The first-order valence-corrected chi connectivity index (χ1v) is 15.7. The molecule has 1 amide bonds. The van der Waals surface area contributed by atoms with E-state index in [1.807, 2.05) is 48.9 Å². The predicted molar refractivity (Wildman–Crippen MR) is 183 cm³/mol. The Kier molecular flexibility index (Phi) is 11.5. The van der Waals surface area contributed by atoms with E-state index in [1.54, 1.807) is 6.20 Å². The van der Waals surface area contributed by atoms with Gasteiger partial charge in [-0.3, -0.25) is 24.6 Å². The minimum absolute atomic E-state index is 0.0194. The summed E-state index contributed by atoms with van der Waals surface area (Å²) in [6.45, 7) is 10.4. The second-order valence-electron chi connectivity index (χ2n) is 11.3. The van der Waals surface area contributed by atoms with Crippen LogP contribution >= 0.6 is 15.9 Å². The molecule has 0 atom stereocenters. The van der Waals surface area contributed by atoms with Crippen molar-refractivity contribution in [2.75, 3.05) is 25.1 Å². The number of carbonyl (C=O) groups is 1. The highest BCUT2D eigenvalue weighted by molar-refractivity contribution is 9.10. The lowest BCUT2D eigenvalue weighted by Crippen LogP contribution is -2.27. The van der Waals surface area contributed by atoms with Gasteiger partial charge in [0.05, 0.1) is 0 Å². The number of hydrogen-bond donors (Lipinski definition) is 2. The quantitative estimate of drug-likeness (QED) is 0.193. The molecule has 43 heavy (non-hydrogen) atoms. The summed E-state index contributed by atoms with van der Waals surface area (Å²) in [6, 6.07) is 16.3. The molecular formula is C34H42BBrN6O. The Morgan fingerprint density at radius 2 is 1.49 bits per heavy atom. The summed E-state index contributed by atoms with van der Waals surface area (Å²) in [4.78, 5) is 23.8. The number of nitrogens with two attached hydrogens (primary N) is 1. The number of rotatable bonds is 5. The molecule has 0 saturated carbocycles.